The van der Waals surface area contributed by atoms with Crippen molar-refractivity contribution in [1.82, 2.24) is 4.98 Å². The second-order valence-electron chi connectivity index (χ2n) is 3.13. The number of carbonyl (C=O) groups excluding carboxylic acids is 1. The number of primary amides is 1. The number of nitrogens with two attached hydrogens (primary N) is 1. The lowest BCUT2D eigenvalue weighted by Gasteiger charge is -2.04. The second kappa shape index (κ2) is 3.92. The van der Waals surface area contributed by atoms with Gasteiger partial charge in [0, 0.05) is 11.8 Å². The van der Waals surface area contributed by atoms with E-state index in [1.165, 1.54) is 0 Å². The van der Waals surface area contributed by atoms with Crippen molar-refractivity contribution in [2.45, 2.75) is 0 Å². The van der Waals surface area contributed by atoms with Crippen LogP contribution in [0, 0.1) is 0 Å². The van der Waals surface area contributed by atoms with E-state index in [1.807, 2.05) is 30.3 Å². The molecule has 0 bridgehead atoms. The van der Waals surface area contributed by atoms with Gasteiger partial charge in [-0.2, -0.15) is 0 Å². The molecular formula is C12H10N2O. The number of pyridine rings is 1. The maximum atomic E-state index is 11.2. The van der Waals surface area contributed by atoms with Crippen LogP contribution in [-0.4, -0.2) is 10.9 Å². The first kappa shape index (κ1) is 9.40. The summed E-state index contributed by atoms with van der Waals surface area (Å²) in [7, 11) is 0. The number of hydrogen-bond acceptors (Lipinski definition) is 2. The van der Waals surface area contributed by atoms with Crippen molar-refractivity contribution in [3.63, 3.8) is 0 Å². The number of benzene rings is 1. The van der Waals surface area contributed by atoms with Crippen LogP contribution in [0.1, 0.15) is 10.4 Å². The smallest absolute Gasteiger partial charge is 0.250 e. The van der Waals surface area contributed by atoms with Crippen LogP contribution in [0.5, 0.6) is 0 Å². The highest BCUT2D eigenvalue weighted by Gasteiger charge is 2.09. The Morgan fingerprint density at radius 2 is 1.80 bits per heavy atom. The third-order valence-electron chi connectivity index (χ3n) is 2.12. The average Bonchev–Trinajstić information content (AvgIpc) is 2.30. The van der Waals surface area contributed by atoms with Gasteiger partial charge in [-0.25, -0.2) is 0 Å². The van der Waals surface area contributed by atoms with Crippen molar-refractivity contribution in [3.8, 4) is 11.3 Å². The largest absolute Gasteiger partial charge is 0.366 e. The van der Waals surface area contributed by atoms with Gasteiger partial charge in [-0.15, -0.1) is 0 Å². The molecule has 0 saturated heterocycles. The summed E-state index contributed by atoms with van der Waals surface area (Å²) < 4.78 is 0. The molecule has 0 aliphatic rings. The lowest BCUT2D eigenvalue weighted by atomic mass is 10.1. The minimum absolute atomic E-state index is 0.448. The number of rotatable bonds is 2. The van der Waals surface area contributed by atoms with E-state index in [-0.39, 0.29) is 0 Å². The molecule has 3 heteroatoms. The fraction of sp³-hybridized carbons (Fsp3) is 0. The van der Waals surface area contributed by atoms with E-state index in [4.69, 9.17) is 5.73 Å². The van der Waals surface area contributed by atoms with Gasteiger partial charge in [0.25, 0.3) is 5.91 Å². The molecule has 15 heavy (non-hydrogen) atoms. The molecule has 0 fully saturated rings. The van der Waals surface area contributed by atoms with Crippen LogP contribution in [0.3, 0.4) is 0 Å². The van der Waals surface area contributed by atoms with Crippen LogP contribution in [0.25, 0.3) is 11.3 Å². The number of nitrogens with zero attached hydrogens (tertiary/aromatic N) is 1. The Bertz CT molecular complexity index is 480. The fourth-order valence-electron chi connectivity index (χ4n) is 1.43. The Morgan fingerprint density at radius 3 is 2.47 bits per heavy atom. The molecule has 1 heterocycles. The standard InChI is InChI=1S/C12H10N2O/c13-12(15)10-7-4-8-14-11(10)9-5-2-1-3-6-9/h1-8H,(H2,13,15). The average molecular weight is 198 g/mol. The monoisotopic (exact) mass is 198 g/mol. The zero-order chi connectivity index (χ0) is 10.7. The summed E-state index contributed by atoms with van der Waals surface area (Å²) in [6, 6.07) is 12.9. The minimum atomic E-state index is -0.457. The van der Waals surface area contributed by atoms with Crippen LogP contribution >= 0.6 is 0 Å². The Morgan fingerprint density at radius 1 is 1.07 bits per heavy atom. The predicted molar refractivity (Wildman–Crippen MR) is 58.2 cm³/mol. The van der Waals surface area contributed by atoms with Crippen LogP contribution < -0.4 is 5.73 Å². The van der Waals surface area contributed by atoms with Gasteiger partial charge < -0.3 is 5.73 Å². The van der Waals surface area contributed by atoms with Crippen LogP contribution in [0.4, 0.5) is 0 Å². The molecule has 0 atom stereocenters. The van der Waals surface area contributed by atoms with Crippen molar-refractivity contribution in [2.75, 3.05) is 0 Å². The summed E-state index contributed by atoms with van der Waals surface area (Å²) in [5.41, 5.74) is 7.25. The van der Waals surface area contributed by atoms with Gasteiger partial charge in [0.1, 0.15) is 0 Å². The van der Waals surface area contributed by atoms with Crippen molar-refractivity contribution < 1.29 is 4.79 Å². The minimum Gasteiger partial charge on any atom is -0.366 e. The number of aromatic nitrogens is 1. The molecule has 0 aliphatic carbocycles. The maximum Gasteiger partial charge on any atom is 0.250 e. The summed E-state index contributed by atoms with van der Waals surface area (Å²) in [6.07, 6.45) is 1.65. The molecule has 1 aromatic heterocycles. The summed E-state index contributed by atoms with van der Waals surface area (Å²) in [5, 5.41) is 0. The molecule has 0 aliphatic heterocycles. The SMILES string of the molecule is NC(=O)c1cccnc1-c1ccccc1. The summed E-state index contributed by atoms with van der Waals surface area (Å²) in [6.45, 7) is 0. The molecule has 2 N–H and O–H groups in total. The van der Waals surface area contributed by atoms with Crippen LogP contribution in [-0.2, 0) is 0 Å². The van der Waals surface area contributed by atoms with Gasteiger partial charge in [0.15, 0.2) is 0 Å². The molecule has 0 unspecified atom stereocenters. The Balaban J connectivity index is 2.58. The summed E-state index contributed by atoms with van der Waals surface area (Å²) in [5.74, 6) is -0.457. The van der Waals surface area contributed by atoms with Gasteiger partial charge in [-0.05, 0) is 12.1 Å². The van der Waals surface area contributed by atoms with E-state index < -0.39 is 5.91 Å². The zero-order valence-electron chi connectivity index (χ0n) is 8.05. The Kier molecular flexibility index (Phi) is 2.46. The second-order valence-corrected chi connectivity index (χ2v) is 3.13. The van der Waals surface area contributed by atoms with E-state index in [0.717, 1.165) is 5.56 Å². The third-order valence-corrected chi connectivity index (χ3v) is 2.12. The molecule has 2 rings (SSSR count). The van der Waals surface area contributed by atoms with Gasteiger partial charge >= 0.3 is 0 Å². The van der Waals surface area contributed by atoms with Gasteiger partial charge in [-0.3, -0.25) is 9.78 Å². The van der Waals surface area contributed by atoms with Gasteiger partial charge in [-0.1, -0.05) is 30.3 Å². The van der Waals surface area contributed by atoms with Crippen LogP contribution in [0.2, 0.25) is 0 Å². The topological polar surface area (TPSA) is 56.0 Å². The van der Waals surface area contributed by atoms with Crippen molar-refractivity contribution in [1.29, 1.82) is 0 Å². The summed E-state index contributed by atoms with van der Waals surface area (Å²) >= 11 is 0. The number of amides is 1. The molecule has 3 nitrogen and oxygen atoms in total. The first-order valence-corrected chi connectivity index (χ1v) is 4.59. The van der Waals surface area contributed by atoms with Gasteiger partial charge in [0.05, 0.1) is 11.3 Å². The Hall–Kier alpha value is -2.16. The fourth-order valence-corrected chi connectivity index (χ4v) is 1.43. The number of carbonyl (C=O) groups is 1. The maximum absolute atomic E-state index is 11.2. The quantitative estimate of drug-likeness (QED) is 0.800. The van der Waals surface area contributed by atoms with Crippen LogP contribution in [0.15, 0.2) is 48.7 Å². The van der Waals surface area contributed by atoms with Crippen molar-refractivity contribution in [3.05, 3.63) is 54.2 Å². The van der Waals surface area contributed by atoms with Gasteiger partial charge in [0.2, 0.25) is 0 Å². The third kappa shape index (κ3) is 1.86. The van der Waals surface area contributed by atoms with E-state index >= 15 is 0 Å². The lowest BCUT2D eigenvalue weighted by molar-refractivity contribution is 0.100. The normalized spacial score (nSPS) is 9.87. The molecule has 0 saturated carbocycles. The lowest BCUT2D eigenvalue weighted by Crippen LogP contribution is -2.12. The highest BCUT2D eigenvalue weighted by atomic mass is 16.1. The molecule has 74 valence electrons. The predicted octanol–water partition coefficient (Wildman–Crippen LogP) is 1.85. The van der Waals surface area contributed by atoms with E-state index in [2.05, 4.69) is 4.98 Å². The van der Waals surface area contributed by atoms with E-state index in [0.29, 0.717) is 11.3 Å². The molecule has 1 amide bonds. The molecule has 0 radical (unpaired) electrons. The first-order chi connectivity index (χ1) is 7.29. The molecule has 0 spiro atoms. The van der Waals surface area contributed by atoms with E-state index in [9.17, 15) is 4.79 Å². The molecule has 2 aromatic rings. The highest BCUT2D eigenvalue weighted by Crippen LogP contribution is 2.19. The molecular weight excluding hydrogens is 188 g/mol. The van der Waals surface area contributed by atoms with E-state index in [1.54, 1.807) is 18.3 Å². The van der Waals surface area contributed by atoms with Crippen molar-refractivity contribution in [2.24, 2.45) is 5.73 Å². The highest BCUT2D eigenvalue weighted by molar-refractivity contribution is 5.98. The van der Waals surface area contributed by atoms with Crippen molar-refractivity contribution >= 4 is 5.91 Å². The zero-order valence-corrected chi connectivity index (χ0v) is 8.05. The summed E-state index contributed by atoms with van der Waals surface area (Å²) in [4.78, 5) is 15.3. The Labute approximate surface area is 87.6 Å². The first-order valence-electron chi connectivity index (χ1n) is 4.59. The number of hydrogen-bond donors (Lipinski definition) is 1. The molecule has 1 aromatic carbocycles.